The van der Waals surface area contributed by atoms with Gasteiger partial charge >= 0.3 is 0 Å². The number of nitrogens with one attached hydrogen (secondary N) is 1. The number of carbonyl (C=O) groups excluding carboxylic acids is 1. The van der Waals surface area contributed by atoms with Crippen molar-refractivity contribution in [2.75, 3.05) is 13.1 Å². The highest BCUT2D eigenvalue weighted by molar-refractivity contribution is 9.10. The average Bonchev–Trinajstić information content (AvgIpc) is 3.03. The summed E-state index contributed by atoms with van der Waals surface area (Å²) in [5.41, 5.74) is 2.39. The maximum absolute atomic E-state index is 11.8. The van der Waals surface area contributed by atoms with Gasteiger partial charge in [0.15, 0.2) is 0 Å². The summed E-state index contributed by atoms with van der Waals surface area (Å²) in [5, 5.41) is 3.00. The largest absolute Gasteiger partial charge is 0.353 e. The molecule has 1 aliphatic heterocycles. The van der Waals surface area contributed by atoms with E-state index in [1.165, 1.54) is 18.4 Å². The van der Waals surface area contributed by atoms with Crippen molar-refractivity contribution in [3.8, 4) is 0 Å². The van der Waals surface area contributed by atoms with Crippen LogP contribution in [0.5, 0.6) is 0 Å². The SMILES string of the molecule is CCCCC1CNC(=O)CN1Cc1cncn1Cc1ccc(Br)cc1. The summed E-state index contributed by atoms with van der Waals surface area (Å²) in [6.07, 6.45) is 7.29. The summed E-state index contributed by atoms with van der Waals surface area (Å²) < 4.78 is 3.26. The number of aromatic nitrogens is 2. The molecule has 0 spiro atoms. The standard InChI is InChI=1S/C19H25BrN4O/c1-2-3-4-17-10-22-19(25)13-23(17)12-18-9-21-14-24(18)11-15-5-7-16(20)8-6-15/h5-9,14,17H,2-4,10-13H2,1H3,(H,22,25). The fourth-order valence-corrected chi connectivity index (χ4v) is 3.52. The van der Waals surface area contributed by atoms with Crippen LogP contribution >= 0.6 is 15.9 Å². The summed E-state index contributed by atoms with van der Waals surface area (Å²) in [7, 11) is 0. The Morgan fingerprint density at radius 1 is 1.28 bits per heavy atom. The second-order valence-corrected chi connectivity index (χ2v) is 7.56. The first-order chi connectivity index (χ1) is 12.2. The third-order valence-corrected chi connectivity index (χ3v) is 5.25. The first-order valence-corrected chi connectivity index (χ1v) is 9.69. The molecular weight excluding hydrogens is 380 g/mol. The second-order valence-electron chi connectivity index (χ2n) is 6.64. The Hall–Kier alpha value is -1.66. The number of piperazine rings is 1. The van der Waals surface area contributed by atoms with E-state index in [-0.39, 0.29) is 5.91 Å². The minimum absolute atomic E-state index is 0.117. The zero-order valence-electron chi connectivity index (χ0n) is 14.6. The van der Waals surface area contributed by atoms with Gasteiger partial charge in [0.1, 0.15) is 0 Å². The Bertz CT molecular complexity index is 698. The minimum atomic E-state index is 0.117. The summed E-state index contributed by atoms with van der Waals surface area (Å²) in [6, 6.07) is 8.76. The number of rotatable bonds is 7. The van der Waals surface area contributed by atoms with Crippen molar-refractivity contribution in [1.82, 2.24) is 19.8 Å². The van der Waals surface area contributed by atoms with E-state index < -0.39 is 0 Å². The number of unbranched alkanes of at least 4 members (excludes halogenated alkanes) is 1. The van der Waals surface area contributed by atoms with Gasteiger partial charge in [0.25, 0.3) is 0 Å². The van der Waals surface area contributed by atoms with Gasteiger partial charge < -0.3 is 9.88 Å². The maximum atomic E-state index is 11.8. The maximum Gasteiger partial charge on any atom is 0.234 e. The van der Waals surface area contributed by atoms with Crippen LogP contribution in [0.4, 0.5) is 0 Å². The molecule has 1 saturated heterocycles. The van der Waals surface area contributed by atoms with Crippen LogP contribution in [0.2, 0.25) is 0 Å². The fourth-order valence-electron chi connectivity index (χ4n) is 3.26. The van der Waals surface area contributed by atoms with Gasteiger partial charge in [0.05, 0.1) is 18.6 Å². The number of hydrogen-bond acceptors (Lipinski definition) is 3. The molecule has 0 bridgehead atoms. The Labute approximate surface area is 157 Å². The molecule has 25 heavy (non-hydrogen) atoms. The Kier molecular flexibility index (Phi) is 6.26. The number of carbonyl (C=O) groups is 1. The van der Waals surface area contributed by atoms with Crippen molar-refractivity contribution >= 4 is 21.8 Å². The first kappa shape index (κ1) is 18.1. The lowest BCUT2D eigenvalue weighted by molar-refractivity contribution is -0.125. The quantitative estimate of drug-likeness (QED) is 0.770. The Morgan fingerprint density at radius 3 is 2.84 bits per heavy atom. The van der Waals surface area contributed by atoms with Gasteiger partial charge in [0.2, 0.25) is 5.91 Å². The molecule has 1 aromatic carbocycles. The van der Waals surface area contributed by atoms with E-state index in [2.05, 4.69) is 66.9 Å². The number of benzene rings is 1. The van der Waals surface area contributed by atoms with Gasteiger partial charge in [-0.3, -0.25) is 9.69 Å². The summed E-state index contributed by atoms with van der Waals surface area (Å²) in [5.74, 6) is 0.117. The molecule has 1 aliphatic rings. The highest BCUT2D eigenvalue weighted by atomic mass is 79.9. The van der Waals surface area contributed by atoms with Crippen molar-refractivity contribution in [2.24, 2.45) is 0 Å². The zero-order valence-corrected chi connectivity index (χ0v) is 16.2. The Morgan fingerprint density at radius 2 is 2.08 bits per heavy atom. The van der Waals surface area contributed by atoms with E-state index in [0.29, 0.717) is 12.6 Å². The van der Waals surface area contributed by atoms with Crippen LogP contribution in [-0.2, 0) is 17.9 Å². The topological polar surface area (TPSA) is 50.2 Å². The summed E-state index contributed by atoms with van der Waals surface area (Å²) in [6.45, 7) is 4.98. The molecule has 1 atom stereocenters. The average molecular weight is 405 g/mol. The van der Waals surface area contributed by atoms with Crippen LogP contribution in [0, 0.1) is 0 Å². The molecule has 2 heterocycles. The molecule has 1 unspecified atom stereocenters. The predicted octanol–water partition coefficient (Wildman–Crippen LogP) is 3.18. The van der Waals surface area contributed by atoms with E-state index in [1.807, 2.05) is 12.5 Å². The molecule has 134 valence electrons. The number of halogens is 1. The van der Waals surface area contributed by atoms with Gasteiger partial charge in [-0.2, -0.15) is 0 Å². The van der Waals surface area contributed by atoms with Crippen LogP contribution in [0.15, 0.2) is 41.3 Å². The van der Waals surface area contributed by atoms with E-state index in [9.17, 15) is 4.79 Å². The van der Waals surface area contributed by atoms with E-state index in [1.54, 1.807) is 0 Å². The molecule has 0 saturated carbocycles. The molecule has 6 heteroatoms. The van der Waals surface area contributed by atoms with Crippen molar-refractivity contribution in [3.63, 3.8) is 0 Å². The van der Waals surface area contributed by atoms with E-state index in [0.717, 1.165) is 36.2 Å². The monoisotopic (exact) mass is 404 g/mol. The molecule has 3 rings (SSSR count). The Balaban J connectivity index is 1.70. The van der Waals surface area contributed by atoms with Crippen LogP contribution < -0.4 is 5.32 Å². The number of nitrogens with zero attached hydrogens (tertiary/aromatic N) is 3. The van der Waals surface area contributed by atoms with Gasteiger partial charge in [-0.15, -0.1) is 0 Å². The first-order valence-electron chi connectivity index (χ1n) is 8.90. The third-order valence-electron chi connectivity index (χ3n) is 4.72. The van der Waals surface area contributed by atoms with Gasteiger partial charge in [0, 0.05) is 36.3 Å². The van der Waals surface area contributed by atoms with E-state index in [4.69, 9.17) is 0 Å². The number of imidazole rings is 1. The van der Waals surface area contributed by atoms with Crippen molar-refractivity contribution in [1.29, 1.82) is 0 Å². The van der Waals surface area contributed by atoms with Crippen LogP contribution in [-0.4, -0.2) is 39.5 Å². The van der Waals surface area contributed by atoms with Gasteiger partial charge in [-0.25, -0.2) is 4.98 Å². The lowest BCUT2D eigenvalue weighted by Gasteiger charge is -2.35. The molecule has 0 radical (unpaired) electrons. The fraction of sp³-hybridized carbons (Fsp3) is 0.474. The summed E-state index contributed by atoms with van der Waals surface area (Å²) >= 11 is 3.47. The van der Waals surface area contributed by atoms with Gasteiger partial charge in [-0.05, 0) is 24.1 Å². The van der Waals surface area contributed by atoms with E-state index >= 15 is 0 Å². The minimum Gasteiger partial charge on any atom is -0.353 e. The smallest absolute Gasteiger partial charge is 0.234 e. The van der Waals surface area contributed by atoms with Crippen LogP contribution in [0.3, 0.4) is 0 Å². The molecule has 1 amide bonds. The van der Waals surface area contributed by atoms with Gasteiger partial charge in [-0.1, -0.05) is 47.8 Å². The highest BCUT2D eigenvalue weighted by Gasteiger charge is 2.26. The second kappa shape index (κ2) is 8.63. The molecule has 5 nitrogen and oxygen atoms in total. The van der Waals surface area contributed by atoms with Crippen molar-refractivity contribution in [2.45, 2.75) is 45.3 Å². The van der Waals surface area contributed by atoms with Crippen molar-refractivity contribution in [3.05, 3.63) is 52.5 Å². The normalized spacial score (nSPS) is 18.3. The molecule has 1 aromatic heterocycles. The predicted molar refractivity (Wildman–Crippen MR) is 102 cm³/mol. The zero-order chi connectivity index (χ0) is 17.6. The molecular formula is C19H25BrN4O. The lowest BCUT2D eigenvalue weighted by atomic mass is 10.1. The highest BCUT2D eigenvalue weighted by Crippen LogP contribution is 2.17. The number of hydrogen-bond donors (Lipinski definition) is 1. The van der Waals surface area contributed by atoms with Crippen molar-refractivity contribution < 1.29 is 4.79 Å². The number of amides is 1. The molecule has 2 aromatic rings. The third kappa shape index (κ3) is 4.92. The van der Waals surface area contributed by atoms with Crippen LogP contribution in [0.1, 0.15) is 37.4 Å². The van der Waals surface area contributed by atoms with Crippen LogP contribution in [0.25, 0.3) is 0 Å². The molecule has 1 fully saturated rings. The molecule has 1 N–H and O–H groups in total. The lowest BCUT2D eigenvalue weighted by Crippen LogP contribution is -2.53. The molecule has 0 aliphatic carbocycles. The summed E-state index contributed by atoms with van der Waals surface area (Å²) in [4.78, 5) is 18.5.